The fourth-order valence-corrected chi connectivity index (χ4v) is 4.61. The van der Waals surface area contributed by atoms with Gasteiger partial charge in [0, 0.05) is 17.6 Å². The van der Waals surface area contributed by atoms with E-state index in [1.807, 2.05) is 20.8 Å². The Morgan fingerprint density at radius 1 is 1.30 bits per heavy atom. The van der Waals surface area contributed by atoms with Crippen LogP contribution < -0.4 is 5.32 Å². The lowest BCUT2D eigenvalue weighted by molar-refractivity contribution is -0.274. The molecule has 4 fully saturated rings. The highest BCUT2D eigenvalue weighted by molar-refractivity contribution is 5.68. The molecule has 2 unspecified atom stereocenters. The Morgan fingerprint density at radius 2 is 1.85 bits per heavy atom. The Hall–Kier alpha value is -0.810. The highest BCUT2D eigenvalue weighted by Crippen LogP contribution is 2.53. The summed E-state index contributed by atoms with van der Waals surface area (Å²) in [5.41, 5.74) is -0.549. The quantitative estimate of drug-likeness (QED) is 0.776. The van der Waals surface area contributed by atoms with E-state index >= 15 is 0 Å². The molecular formula is C15H26N2O3. The predicted molar refractivity (Wildman–Crippen MR) is 74.4 cm³/mol. The lowest BCUT2D eigenvalue weighted by Crippen LogP contribution is -2.69. The van der Waals surface area contributed by atoms with Crippen LogP contribution in [0.5, 0.6) is 0 Å². The van der Waals surface area contributed by atoms with Gasteiger partial charge in [0.2, 0.25) is 0 Å². The third-order valence-corrected chi connectivity index (χ3v) is 5.15. The summed E-state index contributed by atoms with van der Waals surface area (Å²) in [5.74, 6) is 0.932. The summed E-state index contributed by atoms with van der Waals surface area (Å²) in [6.07, 6.45) is 3.56. The zero-order valence-electron chi connectivity index (χ0n) is 12.8. The van der Waals surface area contributed by atoms with E-state index in [1.54, 1.807) is 5.06 Å². The molecule has 0 aromatic carbocycles. The lowest BCUT2D eigenvalue weighted by Gasteiger charge is -2.62. The zero-order valence-corrected chi connectivity index (χ0v) is 12.8. The molecule has 2 N–H and O–H groups in total. The van der Waals surface area contributed by atoms with Crippen molar-refractivity contribution in [2.75, 3.05) is 0 Å². The number of hydrogen-bond donors (Lipinski definition) is 2. The van der Waals surface area contributed by atoms with Crippen molar-refractivity contribution in [1.82, 2.24) is 10.4 Å². The molecule has 0 radical (unpaired) electrons. The Kier molecular flexibility index (Phi) is 3.07. The first-order chi connectivity index (χ1) is 9.18. The van der Waals surface area contributed by atoms with Gasteiger partial charge in [-0.3, -0.25) is 0 Å². The maximum absolute atomic E-state index is 12.0. The van der Waals surface area contributed by atoms with E-state index in [9.17, 15) is 10.0 Å². The van der Waals surface area contributed by atoms with Crippen molar-refractivity contribution < 1.29 is 14.7 Å². The normalized spacial score (nSPS) is 43.6. The molecule has 2 saturated heterocycles. The second-order valence-electron chi connectivity index (χ2n) is 8.07. The van der Waals surface area contributed by atoms with Crippen LogP contribution in [0.4, 0.5) is 4.79 Å². The van der Waals surface area contributed by atoms with Crippen molar-refractivity contribution >= 4 is 6.09 Å². The molecule has 4 bridgehead atoms. The van der Waals surface area contributed by atoms with Gasteiger partial charge in [-0.1, -0.05) is 0 Å². The summed E-state index contributed by atoms with van der Waals surface area (Å²) in [4.78, 5) is 12.0. The highest BCUT2D eigenvalue weighted by Gasteiger charge is 2.57. The maximum Gasteiger partial charge on any atom is 0.407 e. The lowest BCUT2D eigenvalue weighted by atomic mass is 9.57. The van der Waals surface area contributed by atoms with Crippen molar-refractivity contribution in [3.63, 3.8) is 0 Å². The summed E-state index contributed by atoms with van der Waals surface area (Å²) < 4.78 is 5.38. The highest BCUT2D eigenvalue weighted by atomic mass is 16.6. The molecule has 4 aliphatic rings. The van der Waals surface area contributed by atoms with Crippen LogP contribution in [-0.4, -0.2) is 39.6 Å². The van der Waals surface area contributed by atoms with Crippen LogP contribution in [0.3, 0.4) is 0 Å². The first-order valence-electron chi connectivity index (χ1n) is 7.66. The standard InChI is InChI=1S/C15H26N2O3/c1-14(2,3)20-13(18)16-12-9-5-11-6-10(12)8-15(4,7-9)17(11)19/h9-12,19H,5-8H2,1-4H3,(H,16,18). The van der Waals surface area contributed by atoms with Crippen molar-refractivity contribution in [2.24, 2.45) is 11.8 Å². The van der Waals surface area contributed by atoms with E-state index in [-0.39, 0.29) is 23.7 Å². The Morgan fingerprint density at radius 3 is 2.30 bits per heavy atom. The molecule has 2 atom stereocenters. The minimum Gasteiger partial charge on any atom is -0.444 e. The molecule has 2 saturated carbocycles. The van der Waals surface area contributed by atoms with E-state index in [2.05, 4.69) is 12.2 Å². The molecule has 114 valence electrons. The van der Waals surface area contributed by atoms with Gasteiger partial charge in [-0.15, -0.1) is 0 Å². The Labute approximate surface area is 120 Å². The van der Waals surface area contributed by atoms with Gasteiger partial charge in [0.1, 0.15) is 5.60 Å². The minimum absolute atomic E-state index is 0.0946. The van der Waals surface area contributed by atoms with Gasteiger partial charge in [-0.05, 0) is 65.2 Å². The molecule has 0 spiro atoms. The van der Waals surface area contributed by atoms with Crippen LogP contribution in [0.25, 0.3) is 0 Å². The minimum atomic E-state index is -0.454. The first kappa shape index (κ1) is 14.1. The van der Waals surface area contributed by atoms with Crippen molar-refractivity contribution in [3.8, 4) is 0 Å². The number of nitrogens with zero attached hydrogens (tertiary/aromatic N) is 1. The van der Waals surface area contributed by atoms with Gasteiger partial charge < -0.3 is 15.3 Å². The summed E-state index contributed by atoms with van der Waals surface area (Å²) in [6.45, 7) is 7.79. The second-order valence-corrected chi connectivity index (χ2v) is 8.07. The summed E-state index contributed by atoms with van der Waals surface area (Å²) >= 11 is 0. The number of amides is 1. The predicted octanol–water partition coefficient (Wildman–Crippen LogP) is 2.53. The summed E-state index contributed by atoms with van der Waals surface area (Å²) in [6, 6.07) is 0.483. The maximum atomic E-state index is 12.0. The number of carbonyl (C=O) groups is 1. The van der Waals surface area contributed by atoms with Crippen molar-refractivity contribution in [1.29, 1.82) is 0 Å². The van der Waals surface area contributed by atoms with E-state index in [0.717, 1.165) is 25.7 Å². The summed E-state index contributed by atoms with van der Waals surface area (Å²) in [7, 11) is 0. The van der Waals surface area contributed by atoms with E-state index < -0.39 is 5.60 Å². The van der Waals surface area contributed by atoms with Gasteiger partial charge in [-0.25, -0.2) is 4.79 Å². The number of hydroxylamine groups is 2. The average Bonchev–Trinajstić information content (AvgIpc) is 2.25. The number of carbonyl (C=O) groups excluding carboxylic acids is 1. The Balaban J connectivity index is 1.68. The van der Waals surface area contributed by atoms with Crippen LogP contribution in [0.15, 0.2) is 0 Å². The van der Waals surface area contributed by atoms with Gasteiger partial charge >= 0.3 is 6.09 Å². The van der Waals surface area contributed by atoms with Gasteiger partial charge in [-0.2, -0.15) is 5.06 Å². The number of ether oxygens (including phenoxy) is 1. The number of rotatable bonds is 1. The third-order valence-electron chi connectivity index (χ3n) is 5.15. The molecule has 2 aliphatic heterocycles. The molecule has 2 heterocycles. The number of nitrogens with one attached hydrogen (secondary N) is 1. The van der Waals surface area contributed by atoms with Crippen LogP contribution in [-0.2, 0) is 4.74 Å². The fourth-order valence-electron chi connectivity index (χ4n) is 4.61. The van der Waals surface area contributed by atoms with Gasteiger partial charge in [0.15, 0.2) is 0 Å². The van der Waals surface area contributed by atoms with E-state index in [0.29, 0.717) is 11.8 Å². The van der Waals surface area contributed by atoms with Crippen LogP contribution in [0.1, 0.15) is 53.4 Å². The van der Waals surface area contributed by atoms with Crippen LogP contribution in [0, 0.1) is 11.8 Å². The largest absolute Gasteiger partial charge is 0.444 e. The van der Waals surface area contributed by atoms with Crippen molar-refractivity contribution in [3.05, 3.63) is 0 Å². The topological polar surface area (TPSA) is 61.8 Å². The molecule has 4 rings (SSSR count). The molecule has 5 heteroatoms. The van der Waals surface area contributed by atoms with Crippen molar-refractivity contribution in [2.45, 2.75) is 76.6 Å². The Bertz CT molecular complexity index is 402. The molecule has 20 heavy (non-hydrogen) atoms. The van der Waals surface area contributed by atoms with Crippen LogP contribution >= 0.6 is 0 Å². The molecular weight excluding hydrogens is 256 g/mol. The first-order valence-corrected chi connectivity index (χ1v) is 7.66. The molecule has 1 amide bonds. The average molecular weight is 282 g/mol. The second kappa shape index (κ2) is 4.34. The smallest absolute Gasteiger partial charge is 0.407 e. The summed E-state index contributed by atoms with van der Waals surface area (Å²) in [5, 5.41) is 14.9. The van der Waals surface area contributed by atoms with Crippen LogP contribution in [0.2, 0.25) is 0 Å². The third kappa shape index (κ3) is 2.31. The van der Waals surface area contributed by atoms with E-state index in [1.165, 1.54) is 0 Å². The molecule has 5 nitrogen and oxygen atoms in total. The fraction of sp³-hybridized carbons (Fsp3) is 0.933. The van der Waals surface area contributed by atoms with E-state index in [4.69, 9.17) is 4.74 Å². The number of piperidine rings is 2. The number of hydrogen-bond acceptors (Lipinski definition) is 4. The SMILES string of the molecule is CC(C)(C)OC(=O)NC1C2CC3CC1CC(C)(C2)N3O. The zero-order chi connectivity index (χ0) is 14.7. The molecule has 0 aromatic heterocycles. The number of alkyl carbamates (subject to hydrolysis) is 1. The monoisotopic (exact) mass is 282 g/mol. The van der Waals surface area contributed by atoms with Gasteiger partial charge in [0.25, 0.3) is 0 Å². The molecule has 2 aliphatic carbocycles. The van der Waals surface area contributed by atoms with Gasteiger partial charge in [0.05, 0.1) is 0 Å². The molecule has 0 aromatic rings.